The highest BCUT2D eigenvalue weighted by molar-refractivity contribution is 6.55. The van der Waals surface area contributed by atoms with Gasteiger partial charge in [-0.3, -0.25) is 0 Å². The fourth-order valence-corrected chi connectivity index (χ4v) is 4.44. The van der Waals surface area contributed by atoms with Crippen molar-refractivity contribution in [3.8, 4) is 17.6 Å². The first-order valence-electron chi connectivity index (χ1n) is 11.9. The number of fused-ring (bicyclic) bond motifs is 1. The Hall–Kier alpha value is -3.53. The van der Waals surface area contributed by atoms with Gasteiger partial charge in [0.2, 0.25) is 0 Å². The fourth-order valence-electron chi connectivity index (χ4n) is 3.80. The average molecular weight is 530 g/mol. The van der Waals surface area contributed by atoms with Crippen LogP contribution in [0.5, 0.6) is 11.5 Å². The molecule has 3 aromatic rings. The molecule has 1 saturated heterocycles. The van der Waals surface area contributed by atoms with Crippen LogP contribution in [0.3, 0.4) is 0 Å². The molecule has 0 saturated carbocycles. The predicted molar refractivity (Wildman–Crippen MR) is 136 cm³/mol. The lowest BCUT2D eigenvalue weighted by Crippen LogP contribution is -2.49. The Morgan fingerprint density at radius 2 is 2.05 bits per heavy atom. The van der Waals surface area contributed by atoms with Crippen molar-refractivity contribution in [3.63, 3.8) is 0 Å². The first kappa shape index (κ1) is 26.5. The van der Waals surface area contributed by atoms with Crippen LogP contribution in [0.4, 0.5) is 19.3 Å². The Labute approximate surface area is 214 Å². The van der Waals surface area contributed by atoms with Crippen molar-refractivity contribution >= 4 is 31.5 Å². The number of aromatic nitrogens is 2. The zero-order valence-electron chi connectivity index (χ0n) is 20.9. The molecule has 0 bridgehead atoms. The zero-order valence-corrected chi connectivity index (χ0v) is 22.1. The minimum atomic E-state index is -1.02. The molecule has 196 valence electrons. The van der Waals surface area contributed by atoms with E-state index in [4.69, 9.17) is 14.2 Å². The molecule has 2 aromatic heterocycles. The largest absolute Gasteiger partial charge is 0.450 e. The number of anilines is 1. The lowest BCUT2D eigenvalue weighted by atomic mass is 9.89. The number of nitrogens with one attached hydrogen (secondary N) is 2. The minimum Gasteiger partial charge on any atom is -0.450 e. The van der Waals surface area contributed by atoms with Gasteiger partial charge in [-0.2, -0.15) is 5.26 Å². The second-order valence-corrected chi connectivity index (χ2v) is 13.2. The van der Waals surface area contributed by atoms with Gasteiger partial charge in [0.05, 0.1) is 24.2 Å². The van der Waals surface area contributed by atoms with E-state index in [9.17, 15) is 18.8 Å². The standard InChI is InChI=1S/C25H29F2N5O4Si/c1-25(13-35-14-25)12-30-24(33)31-17-8-18(26)22(19(27)9-17)36-20-4-5-29-23-21(20)16(10-28)11-32(23)15-34-6-7-37(2)3/h4-5,8-9,11,37H,6-7,12-15H2,1-3H3,(H2,30,31,33). The van der Waals surface area contributed by atoms with E-state index in [1.54, 1.807) is 10.8 Å². The van der Waals surface area contributed by atoms with Crippen molar-refractivity contribution in [3.05, 3.63) is 47.8 Å². The van der Waals surface area contributed by atoms with Gasteiger partial charge < -0.3 is 29.4 Å². The first-order valence-corrected chi connectivity index (χ1v) is 15.1. The summed E-state index contributed by atoms with van der Waals surface area (Å²) in [7, 11) is -0.751. The Kier molecular flexibility index (Phi) is 8.06. The summed E-state index contributed by atoms with van der Waals surface area (Å²) in [6.07, 6.45) is 3.01. The normalized spacial score (nSPS) is 14.3. The molecular formula is C25H29F2N5O4Si. The molecule has 12 heteroatoms. The highest BCUT2D eigenvalue weighted by Crippen LogP contribution is 2.36. The van der Waals surface area contributed by atoms with Crippen LogP contribution in [0.1, 0.15) is 12.5 Å². The number of ether oxygens (including phenoxy) is 3. The molecule has 1 fully saturated rings. The summed E-state index contributed by atoms with van der Waals surface area (Å²) in [5.74, 6) is -2.62. The van der Waals surface area contributed by atoms with Gasteiger partial charge in [0.25, 0.3) is 0 Å². The van der Waals surface area contributed by atoms with Gasteiger partial charge in [0.1, 0.15) is 24.2 Å². The molecule has 1 aromatic carbocycles. The number of pyridine rings is 1. The third-order valence-electron chi connectivity index (χ3n) is 5.95. The molecule has 2 amide bonds. The lowest BCUT2D eigenvalue weighted by molar-refractivity contribution is -0.0974. The fraction of sp³-hybridized carbons (Fsp3) is 0.400. The Morgan fingerprint density at radius 1 is 1.32 bits per heavy atom. The van der Waals surface area contributed by atoms with E-state index < -0.39 is 32.2 Å². The van der Waals surface area contributed by atoms with E-state index in [2.05, 4.69) is 34.8 Å². The van der Waals surface area contributed by atoms with Crippen molar-refractivity contribution in [2.45, 2.75) is 32.8 Å². The third-order valence-corrected chi connectivity index (χ3v) is 7.34. The number of hydrogen-bond donors (Lipinski definition) is 2. The van der Waals surface area contributed by atoms with Gasteiger partial charge in [-0.1, -0.05) is 20.0 Å². The Morgan fingerprint density at radius 3 is 2.68 bits per heavy atom. The molecular weight excluding hydrogens is 500 g/mol. The smallest absolute Gasteiger partial charge is 0.319 e. The maximum absolute atomic E-state index is 14.9. The molecule has 0 radical (unpaired) electrons. The van der Waals surface area contributed by atoms with Crippen LogP contribution >= 0.6 is 0 Å². The van der Waals surface area contributed by atoms with E-state index in [1.165, 1.54) is 12.3 Å². The van der Waals surface area contributed by atoms with Crippen LogP contribution in [0.2, 0.25) is 19.1 Å². The maximum atomic E-state index is 14.9. The van der Waals surface area contributed by atoms with Gasteiger partial charge in [0.15, 0.2) is 17.4 Å². The molecule has 0 spiro atoms. The molecule has 9 nitrogen and oxygen atoms in total. The Balaban J connectivity index is 1.50. The number of carbonyl (C=O) groups excluding carboxylic acids is 1. The summed E-state index contributed by atoms with van der Waals surface area (Å²) in [4.78, 5) is 16.5. The Bertz CT molecular complexity index is 1310. The van der Waals surface area contributed by atoms with Crippen LogP contribution in [0.25, 0.3) is 11.0 Å². The van der Waals surface area contributed by atoms with Gasteiger partial charge in [0, 0.05) is 57.6 Å². The zero-order chi connectivity index (χ0) is 26.6. The molecule has 1 aliphatic rings. The van der Waals surface area contributed by atoms with E-state index in [-0.39, 0.29) is 29.1 Å². The van der Waals surface area contributed by atoms with Crippen LogP contribution in [-0.2, 0) is 16.2 Å². The second-order valence-electron chi connectivity index (χ2n) is 9.83. The van der Waals surface area contributed by atoms with E-state index in [0.29, 0.717) is 37.4 Å². The number of hydrogen-bond acceptors (Lipinski definition) is 6. The maximum Gasteiger partial charge on any atom is 0.319 e. The van der Waals surface area contributed by atoms with Gasteiger partial charge >= 0.3 is 6.03 Å². The summed E-state index contributed by atoms with van der Waals surface area (Å²) in [5.41, 5.74) is 0.420. The van der Waals surface area contributed by atoms with Gasteiger partial charge in [-0.05, 0) is 12.1 Å². The van der Waals surface area contributed by atoms with Crippen molar-refractivity contribution < 1.29 is 27.8 Å². The van der Waals surface area contributed by atoms with Crippen LogP contribution in [0, 0.1) is 28.4 Å². The van der Waals surface area contributed by atoms with E-state index in [0.717, 1.165) is 18.2 Å². The minimum absolute atomic E-state index is 0.0692. The molecule has 4 rings (SSSR count). The molecule has 1 aliphatic heterocycles. The number of amides is 2. The van der Waals surface area contributed by atoms with Crippen molar-refractivity contribution in [1.82, 2.24) is 14.9 Å². The first-order chi connectivity index (χ1) is 17.7. The van der Waals surface area contributed by atoms with E-state index in [1.807, 2.05) is 6.92 Å². The molecule has 3 heterocycles. The van der Waals surface area contributed by atoms with Crippen molar-refractivity contribution in [2.24, 2.45) is 5.41 Å². The van der Waals surface area contributed by atoms with Gasteiger partial charge in [-0.15, -0.1) is 0 Å². The number of carbonyl (C=O) groups is 1. The second kappa shape index (κ2) is 11.2. The number of benzene rings is 1. The molecule has 37 heavy (non-hydrogen) atoms. The third kappa shape index (κ3) is 6.25. The van der Waals surface area contributed by atoms with Crippen LogP contribution in [0.15, 0.2) is 30.6 Å². The number of nitrogens with zero attached hydrogens (tertiary/aromatic N) is 3. The average Bonchev–Trinajstić information content (AvgIpc) is 3.20. The summed E-state index contributed by atoms with van der Waals surface area (Å²) in [6, 6.07) is 5.87. The highest BCUT2D eigenvalue weighted by Gasteiger charge is 2.33. The molecule has 0 atom stereocenters. The highest BCUT2D eigenvalue weighted by atomic mass is 28.3. The monoisotopic (exact) mass is 529 g/mol. The number of rotatable bonds is 10. The van der Waals surface area contributed by atoms with Crippen molar-refractivity contribution in [2.75, 3.05) is 31.7 Å². The lowest BCUT2D eigenvalue weighted by Gasteiger charge is -2.37. The molecule has 2 N–H and O–H groups in total. The van der Waals surface area contributed by atoms with Crippen LogP contribution in [-0.4, -0.2) is 50.7 Å². The summed E-state index contributed by atoms with van der Waals surface area (Å²) < 4.78 is 47.9. The molecule has 0 unspecified atom stereocenters. The van der Waals surface area contributed by atoms with Gasteiger partial charge in [-0.25, -0.2) is 18.6 Å². The summed E-state index contributed by atoms with van der Waals surface area (Å²) in [5, 5.41) is 15.1. The van der Waals surface area contributed by atoms with Crippen LogP contribution < -0.4 is 15.4 Å². The number of nitriles is 1. The van der Waals surface area contributed by atoms with Crippen molar-refractivity contribution in [1.29, 1.82) is 5.26 Å². The summed E-state index contributed by atoms with van der Waals surface area (Å²) in [6.45, 7) is 8.66. The predicted octanol–water partition coefficient (Wildman–Crippen LogP) is 4.60. The number of halogens is 2. The number of urea groups is 1. The SMILES string of the molecule is C[SiH](C)CCOCn1cc(C#N)c2c(Oc3c(F)cc(NC(=O)NCC4(C)COC4)cc3F)ccnc21. The molecule has 0 aliphatic carbocycles. The van der Waals surface area contributed by atoms with E-state index >= 15 is 0 Å². The quantitative estimate of drug-likeness (QED) is 0.293. The summed E-state index contributed by atoms with van der Waals surface area (Å²) >= 11 is 0. The topological polar surface area (TPSA) is 110 Å².